The van der Waals surface area contributed by atoms with Crippen LogP contribution in [0.3, 0.4) is 0 Å². The lowest BCUT2D eigenvalue weighted by Crippen LogP contribution is -2.12. The van der Waals surface area contributed by atoms with Crippen molar-refractivity contribution < 1.29 is 23.5 Å². The van der Waals surface area contributed by atoms with Crippen molar-refractivity contribution in [1.29, 1.82) is 0 Å². The second-order valence-corrected chi connectivity index (χ2v) is 6.09. The van der Waals surface area contributed by atoms with Crippen LogP contribution in [0.5, 0.6) is 5.75 Å². The Morgan fingerprint density at radius 2 is 2.04 bits per heavy atom. The van der Waals surface area contributed by atoms with E-state index in [9.17, 15) is 9.59 Å². The molecule has 0 aliphatic carbocycles. The minimum Gasteiger partial charge on any atom is -0.496 e. The standard InChI is InChI=1S/C19H14BrNO5/c1-24-16-7-6-12(10-13(16)20)15(22)11-25-19(23)9-8-18-21-14-4-2-3-5-17(14)26-18/h2-10H,11H2,1H3. The van der Waals surface area contributed by atoms with Gasteiger partial charge in [-0.2, -0.15) is 0 Å². The molecular weight excluding hydrogens is 402 g/mol. The summed E-state index contributed by atoms with van der Waals surface area (Å²) in [6.07, 6.45) is 2.57. The molecule has 0 amide bonds. The van der Waals surface area contributed by atoms with Gasteiger partial charge in [-0.3, -0.25) is 4.79 Å². The maximum absolute atomic E-state index is 12.1. The lowest BCUT2D eigenvalue weighted by molar-refractivity contribution is -0.136. The van der Waals surface area contributed by atoms with Gasteiger partial charge < -0.3 is 13.9 Å². The third-order valence-corrected chi connectivity index (χ3v) is 4.11. The Hall–Kier alpha value is -2.93. The summed E-state index contributed by atoms with van der Waals surface area (Å²) in [7, 11) is 1.53. The summed E-state index contributed by atoms with van der Waals surface area (Å²) in [6, 6.07) is 12.1. The second kappa shape index (κ2) is 7.97. The van der Waals surface area contributed by atoms with Gasteiger partial charge in [0.2, 0.25) is 5.89 Å². The molecular formula is C19H14BrNO5. The van der Waals surface area contributed by atoms with Crippen molar-refractivity contribution >= 4 is 44.9 Å². The number of carbonyl (C=O) groups is 2. The number of ketones is 1. The van der Waals surface area contributed by atoms with E-state index in [2.05, 4.69) is 20.9 Å². The molecule has 132 valence electrons. The van der Waals surface area contributed by atoms with Gasteiger partial charge in [0.25, 0.3) is 0 Å². The number of para-hydroxylation sites is 2. The van der Waals surface area contributed by atoms with Gasteiger partial charge in [0, 0.05) is 17.7 Å². The number of halogens is 1. The van der Waals surface area contributed by atoms with Gasteiger partial charge in [-0.15, -0.1) is 0 Å². The molecule has 2 aromatic carbocycles. The molecule has 26 heavy (non-hydrogen) atoms. The van der Waals surface area contributed by atoms with Crippen molar-refractivity contribution in [3.05, 3.63) is 64.5 Å². The first-order valence-corrected chi connectivity index (χ1v) is 8.43. The fourth-order valence-corrected chi connectivity index (χ4v) is 2.75. The van der Waals surface area contributed by atoms with Crippen LogP contribution in [0.2, 0.25) is 0 Å². The van der Waals surface area contributed by atoms with Crippen molar-refractivity contribution in [2.45, 2.75) is 0 Å². The van der Waals surface area contributed by atoms with E-state index >= 15 is 0 Å². The number of esters is 1. The van der Waals surface area contributed by atoms with Crippen LogP contribution >= 0.6 is 15.9 Å². The Labute approximate surface area is 157 Å². The van der Waals surface area contributed by atoms with E-state index in [4.69, 9.17) is 13.9 Å². The molecule has 0 fully saturated rings. The molecule has 3 rings (SSSR count). The number of hydrogen-bond donors (Lipinski definition) is 0. The van der Waals surface area contributed by atoms with Crippen molar-refractivity contribution in [3.8, 4) is 5.75 Å². The maximum Gasteiger partial charge on any atom is 0.331 e. The fourth-order valence-electron chi connectivity index (χ4n) is 2.21. The van der Waals surface area contributed by atoms with E-state index in [0.717, 1.165) is 0 Å². The summed E-state index contributed by atoms with van der Waals surface area (Å²) >= 11 is 3.31. The molecule has 0 bridgehead atoms. The monoisotopic (exact) mass is 415 g/mol. The van der Waals surface area contributed by atoms with Crippen LogP contribution in [0.25, 0.3) is 17.2 Å². The first-order chi connectivity index (χ1) is 12.6. The minimum absolute atomic E-state index is 0.286. The van der Waals surface area contributed by atoms with Gasteiger partial charge >= 0.3 is 5.97 Å². The zero-order chi connectivity index (χ0) is 18.5. The number of carbonyl (C=O) groups excluding carboxylic acids is 2. The van der Waals surface area contributed by atoms with Gasteiger partial charge in [-0.1, -0.05) is 12.1 Å². The Morgan fingerprint density at radius 3 is 2.77 bits per heavy atom. The molecule has 0 aliphatic rings. The first kappa shape index (κ1) is 17.9. The lowest BCUT2D eigenvalue weighted by Gasteiger charge is -2.06. The van der Waals surface area contributed by atoms with E-state index in [1.807, 2.05) is 12.1 Å². The van der Waals surface area contributed by atoms with Crippen LogP contribution in [0.4, 0.5) is 0 Å². The summed E-state index contributed by atoms with van der Waals surface area (Å²) in [5, 5.41) is 0. The van der Waals surface area contributed by atoms with Crippen molar-refractivity contribution in [2.24, 2.45) is 0 Å². The number of oxazole rings is 1. The van der Waals surface area contributed by atoms with E-state index in [0.29, 0.717) is 26.9 Å². The van der Waals surface area contributed by atoms with E-state index in [-0.39, 0.29) is 18.3 Å². The third-order valence-electron chi connectivity index (χ3n) is 3.49. The molecule has 0 N–H and O–H groups in total. The Morgan fingerprint density at radius 1 is 1.23 bits per heavy atom. The molecule has 1 aromatic heterocycles. The molecule has 0 saturated heterocycles. The molecule has 0 atom stereocenters. The third kappa shape index (κ3) is 4.18. The fraction of sp³-hybridized carbons (Fsp3) is 0.105. The number of rotatable bonds is 6. The number of Topliss-reactive ketones (excluding diaryl/α,β-unsaturated/α-hetero) is 1. The smallest absolute Gasteiger partial charge is 0.331 e. The van der Waals surface area contributed by atoms with Crippen molar-refractivity contribution in [1.82, 2.24) is 4.98 Å². The van der Waals surface area contributed by atoms with E-state index < -0.39 is 5.97 Å². The summed E-state index contributed by atoms with van der Waals surface area (Å²) in [6.45, 7) is -0.366. The largest absolute Gasteiger partial charge is 0.496 e. The van der Waals surface area contributed by atoms with Gasteiger partial charge in [0.05, 0.1) is 11.6 Å². The Bertz CT molecular complexity index is 960. The zero-order valence-corrected chi connectivity index (χ0v) is 15.4. The Kier molecular flexibility index (Phi) is 5.48. The predicted octanol–water partition coefficient (Wildman–Crippen LogP) is 4.04. The van der Waals surface area contributed by atoms with Crippen molar-refractivity contribution in [2.75, 3.05) is 13.7 Å². The highest BCUT2D eigenvalue weighted by Crippen LogP contribution is 2.25. The number of benzene rings is 2. The highest BCUT2D eigenvalue weighted by atomic mass is 79.9. The molecule has 3 aromatic rings. The van der Waals surface area contributed by atoms with Crippen LogP contribution in [0, 0.1) is 0 Å². The predicted molar refractivity (Wildman–Crippen MR) is 99.0 cm³/mol. The van der Waals surface area contributed by atoms with Gasteiger partial charge in [0.1, 0.15) is 11.3 Å². The average Bonchev–Trinajstić information content (AvgIpc) is 3.07. The van der Waals surface area contributed by atoms with Gasteiger partial charge in [-0.25, -0.2) is 9.78 Å². The minimum atomic E-state index is -0.659. The molecule has 7 heteroatoms. The molecule has 0 saturated carbocycles. The quantitative estimate of drug-likeness (QED) is 0.343. The number of nitrogens with zero attached hydrogens (tertiary/aromatic N) is 1. The SMILES string of the molecule is COc1ccc(C(=O)COC(=O)C=Cc2nc3ccccc3o2)cc1Br. The highest BCUT2D eigenvalue weighted by Gasteiger charge is 2.11. The number of fused-ring (bicyclic) bond motifs is 1. The number of hydrogen-bond acceptors (Lipinski definition) is 6. The normalized spacial score (nSPS) is 11.0. The van der Waals surface area contributed by atoms with Crippen molar-refractivity contribution in [3.63, 3.8) is 0 Å². The molecule has 1 heterocycles. The topological polar surface area (TPSA) is 78.6 Å². The number of aromatic nitrogens is 1. The van der Waals surface area contributed by atoms with Crippen LogP contribution in [-0.2, 0) is 9.53 Å². The highest BCUT2D eigenvalue weighted by molar-refractivity contribution is 9.10. The molecule has 0 unspecified atom stereocenters. The number of methoxy groups -OCH3 is 1. The van der Waals surface area contributed by atoms with E-state index in [1.165, 1.54) is 19.3 Å². The average molecular weight is 416 g/mol. The van der Waals surface area contributed by atoms with Crippen LogP contribution in [0.1, 0.15) is 16.2 Å². The molecule has 0 radical (unpaired) electrons. The van der Waals surface area contributed by atoms with Crippen LogP contribution in [-0.4, -0.2) is 30.5 Å². The Balaban J connectivity index is 1.58. The maximum atomic E-state index is 12.1. The lowest BCUT2D eigenvalue weighted by atomic mass is 10.1. The number of ether oxygens (including phenoxy) is 2. The van der Waals surface area contributed by atoms with E-state index in [1.54, 1.807) is 30.3 Å². The summed E-state index contributed by atoms with van der Waals surface area (Å²) in [5.41, 5.74) is 1.73. The molecule has 0 aliphatic heterocycles. The molecule has 0 spiro atoms. The zero-order valence-electron chi connectivity index (χ0n) is 13.8. The molecule has 6 nitrogen and oxygen atoms in total. The second-order valence-electron chi connectivity index (χ2n) is 5.23. The summed E-state index contributed by atoms with van der Waals surface area (Å²) in [4.78, 5) is 28.1. The van der Waals surface area contributed by atoms with Crippen LogP contribution in [0.15, 0.2) is 57.4 Å². The summed E-state index contributed by atoms with van der Waals surface area (Å²) < 4.78 is 16.2. The summed E-state index contributed by atoms with van der Waals surface area (Å²) in [5.74, 6) is -0.0847. The van der Waals surface area contributed by atoms with Crippen LogP contribution < -0.4 is 4.74 Å². The van der Waals surface area contributed by atoms with Gasteiger partial charge in [0.15, 0.2) is 18.0 Å². The van der Waals surface area contributed by atoms with Gasteiger partial charge in [-0.05, 0) is 46.3 Å². The first-order valence-electron chi connectivity index (χ1n) is 7.64.